The molecule has 1 aromatic heterocycles. The molecule has 1 heterocycles. The molecule has 0 spiro atoms. The Morgan fingerprint density at radius 2 is 1.44 bits per heavy atom. The van der Waals surface area contributed by atoms with Crippen molar-refractivity contribution in [2.45, 2.75) is 12.1 Å². The molecule has 2 aromatic carbocycles. The Balaban J connectivity index is 2.06. The lowest BCUT2D eigenvalue weighted by Crippen LogP contribution is -1.99. The Morgan fingerprint density at radius 1 is 0.840 bits per heavy atom. The molecule has 0 aliphatic rings. The van der Waals surface area contributed by atoms with Gasteiger partial charge < -0.3 is 9.47 Å². The van der Waals surface area contributed by atoms with E-state index in [4.69, 9.17) is 9.47 Å². The summed E-state index contributed by atoms with van der Waals surface area (Å²) in [5, 5.41) is 9.25. The van der Waals surface area contributed by atoms with E-state index >= 15 is 0 Å². The fourth-order valence-corrected chi connectivity index (χ4v) is 2.72. The number of ether oxygens (including phenoxy) is 2. The van der Waals surface area contributed by atoms with Crippen LogP contribution in [-0.4, -0.2) is 35.2 Å². The number of rotatable bonds is 6. The zero-order valence-electron chi connectivity index (χ0n) is 14.4. The lowest BCUT2D eigenvalue weighted by Gasteiger charge is -2.10. The van der Waals surface area contributed by atoms with Crippen molar-refractivity contribution >= 4 is 11.8 Å². The van der Waals surface area contributed by atoms with Crippen molar-refractivity contribution in [1.82, 2.24) is 15.2 Å². The highest BCUT2D eigenvalue weighted by Gasteiger charge is 2.14. The molecule has 3 aromatic rings. The lowest BCUT2D eigenvalue weighted by atomic mass is 10.0. The predicted octanol–water partition coefficient (Wildman–Crippen LogP) is 4.33. The molecule has 128 valence electrons. The maximum atomic E-state index is 5.50. The van der Waals surface area contributed by atoms with E-state index < -0.39 is 0 Å². The Kier molecular flexibility index (Phi) is 5.50. The van der Waals surface area contributed by atoms with E-state index in [0.29, 0.717) is 11.8 Å². The van der Waals surface area contributed by atoms with Gasteiger partial charge in [-0.3, -0.25) is 0 Å². The summed E-state index contributed by atoms with van der Waals surface area (Å²) in [4.78, 5) is 4.67. The van der Waals surface area contributed by atoms with Gasteiger partial charge in [0.2, 0.25) is 5.16 Å². The zero-order chi connectivity index (χ0) is 17.6. The van der Waals surface area contributed by atoms with Crippen LogP contribution in [0.1, 0.15) is 6.92 Å². The maximum Gasteiger partial charge on any atom is 0.209 e. The molecule has 0 bridgehead atoms. The molecule has 5 nitrogen and oxygen atoms in total. The quantitative estimate of drug-likeness (QED) is 0.615. The van der Waals surface area contributed by atoms with Gasteiger partial charge in [-0.25, -0.2) is 4.98 Å². The van der Waals surface area contributed by atoms with Crippen LogP contribution in [0.2, 0.25) is 0 Å². The van der Waals surface area contributed by atoms with Crippen molar-refractivity contribution in [2.24, 2.45) is 0 Å². The van der Waals surface area contributed by atoms with Gasteiger partial charge in [0.1, 0.15) is 22.9 Å². The van der Waals surface area contributed by atoms with Crippen molar-refractivity contribution in [2.75, 3.05) is 20.0 Å². The van der Waals surface area contributed by atoms with Crippen LogP contribution < -0.4 is 9.47 Å². The number of thioether (sulfide) groups is 1. The van der Waals surface area contributed by atoms with Crippen LogP contribution in [0.3, 0.4) is 0 Å². The van der Waals surface area contributed by atoms with Crippen molar-refractivity contribution in [1.29, 1.82) is 0 Å². The van der Waals surface area contributed by atoms with Gasteiger partial charge in [-0.2, -0.15) is 0 Å². The third-order valence-corrected chi connectivity index (χ3v) is 4.19. The molecule has 0 fully saturated rings. The number of nitrogens with zero attached hydrogens (tertiary/aromatic N) is 3. The average molecular weight is 353 g/mol. The molecule has 0 aliphatic heterocycles. The summed E-state index contributed by atoms with van der Waals surface area (Å²) < 4.78 is 10.7. The van der Waals surface area contributed by atoms with Crippen LogP contribution in [0.15, 0.2) is 53.7 Å². The molecule has 0 radical (unpaired) electrons. The minimum absolute atomic E-state index is 0.639. The fourth-order valence-electron chi connectivity index (χ4n) is 2.42. The summed E-state index contributed by atoms with van der Waals surface area (Å²) in [5.74, 6) is 1.64. The number of methoxy groups -OCH3 is 1. The summed E-state index contributed by atoms with van der Waals surface area (Å²) in [6, 6.07) is 15.6. The summed E-state index contributed by atoms with van der Waals surface area (Å²) in [7, 11) is 1.65. The molecule has 25 heavy (non-hydrogen) atoms. The number of hydrogen-bond donors (Lipinski definition) is 0. The van der Waals surface area contributed by atoms with Gasteiger partial charge in [0.25, 0.3) is 0 Å². The smallest absolute Gasteiger partial charge is 0.209 e. The second-order valence-electron chi connectivity index (χ2n) is 5.18. The Bertz CT molecular complexity index is 836. The second kappa shape index (κ2) is 7.98. The van der Waals surface area contributed by atoms with Crippen molar-refractivity contribution in [3.8, 4) is 34.0 Å². The number of benzene rings is 2. The second-order valence-corrected chi connectivity index (χ2v) is 5.96. The van der Waals surface area contributed by atoms with E-state index in [9.17, 15) is 0 Å². The first-order valence-electron chi connectivity index (χ1n) is 7.91. The van der Waals surface area contributed by atoms with Crippen LogP contribution in [0.5, 0.6) is 11.5 Å². The average Bonchev–Trinajstić information content (AvgIpc) is 2.68. The fraction of sp³-hybridized carbons (Fsp3) is 0.211. The highest BCUT2D eigenvalue weighted by molar-refractivity contribution is 7.98. The minimum atomic E-state index is 0.639. The van der Waals surface area contributed by atoms with Crippen molar-refractivity contribution in [3.05, 3.63) is 48.5 Å². The van der Waals surface area contributed by atoms with Gasteiger partial charge in [-0.1, -0.05) is 11.8 Å². The van der Waals surface area contributed by atoms with E-state index in [1.807, 2.05) is 61.7 Å². The first-order valence-corrected chi connectivity index (χ1v) is 9.14. The molecule has 0 saturated carbocycles. The highest BCUT2D eigenvalue weighted by Crippen LogP contribution is 2.31. The molecule has 0 saturated heterocycles. The monoisotopic (exact) mass is 353 g/mol. The Labute approximate surface area is 151 Å². The molecule has 0 atom stereocenters. The maximum absolute atomic E-state index is 5.50. The standard InChI is InChI=1S/C19H19N3O2S/c1-4-24-16-11-7-14(8-12-16)18-17(20-19(25-3)22-21-18)13-5-9-15(23-2)10-6-13/h5-12H,4H2,1-3H3. The van der Waals surface area contributed by atoms with Gasteiger partial charge in [-0.05, 0) is 61.7 Å². The third kappa shape index (κ3) is 3.91. The summed E-state index contributed by atoms with van der Waals surface area (Å²) in [6.45, 7) is 2.60. The largest absolute Gasteiger partial charge is 0.497 e. The van der Waals surface area contributed by atoms with Gasteiger partial charge in [0.05, 0.1) is 13.7 Å². The summed E-state index contributed by atoms with van der Waals surface area (Å²) >= 11 is 1.47. The molecular formula is C19H19N3O2S. The molecular weight excluding hydrogens is 334 g/mol. The molecule has 6 heteroatoms. The minimum Gasteiger partial charge on any atom is -0.497 e. The third-order valence-electron chi connectivity index (χ3n) is 3.65. The molecule has 0 aliphatic carbocycles. The topological polar surface area (TPSA) is 57.1 Å². The first kappa shape index (κ1) is 17.2. The van der Waals surface area contributed by atoms with E-state index in [1.165, 1.54) is 11.8 Å². The zero-order valence-corrected chi connectivity index (χ0v) is 15.2. The van der Waals surface area contributed by atoms with E-state index in [0.717, 1.165) is 34.0 Å². The van der Waals surface area contributed by atoms with E-state index in [2.05, 4.69) is 15.2 Å². The van der Waals surface area contributed by atoms with Crippen LogP contribution in [0, 0.1) is 0 Å². The molecule has 0 N–H and O–H groups in total. The van der Waals surface area contributed by atoms with Crippen molar-refractivity contribution < 1.29 is 9.47 Å². The van der Waals surface area contributed by atoms with Crippen LogP contribution in [-0.2, 0) is 0 Å². The summed E-state index contributed by atoms with van der Waals surface area (Å²) in [6.07, 6.45) is 1.94. The van der Waals surface area contributed by atoms with Gasteiger partial charge >= 0.3 is 0 Å². The first-order chi connectivity index (χ1) is 12.2. The Hall–Kier alpha value is -2.60. The van der Waals surface area contributed by atoms with E-state index in [1.54, 1.807) is 7.11 Å². The van der Waals surface area contributed by atoms with Crippen LogP contribution in [0.4, 0.5) is 0 Å². The van der Waals surface area contributed by atoms with E-state index in [-0.39, 0.29) is 0 Å². The number of hydrogen-bond acceptors (Lipinski definition) is 6. The van der Waals surface area contributed by atoms with Gasteiger partial charge in [-0.15, -0.1) is 10.2 Å². The van der Waals surface area contributed by atoms with Gasteiger partial charge in [0, 0.05) is 11.1 Å². The normalized spacial score (nSPS) is 10.5. The Morgan fingerprint density at radius 3 is 2.00 bits per heavy atom. The van der Waals surface area contributed by atoms with Gasteiger partial charge in [0.15, 0.2) is 0 Å². The SMILES string of the molecule is CCOc1ccc(-c2nnc(SC)nc2-c2ccc(OC)cc2)cc1. The number of aromatic nitrogens is 3. The van der Waals surface area contributed by atoms with Crippen LogP contribution >= 0.6 is 11.8 Å². The van der Waals surface area contributed by atoms with Crippen molar-refractivity contribution in [3.63, 3.8) is 0 Å². The predicted molar refractivity (Wildman–Crippen MR) is 100 cm³/mol. The highest BCUT2D eigenvalue weighted by atomic mass is 32.2. The summed E-state index contributed by atoms with van der Waals surface area (Å²) in [5.41, 5.74) is 3.45. The molecule has 0 unspecified atom stereocenters. The molecule has 3 rings (SSSR count). The van der Waals surface area contributed by atoms with Crippen LogP contribution in [0.25, 0.3) is 22.5 Å². The molecule has 0 amide bonds. The lowest BCUT2D eigenvalue weighted by molar-refractivity contribution is 0.340.